The third-order valence-corrected chi connectivity index (χ3v) is 4.98. The molecule has 0 bridgehead atoms. The molecule has 31 heavy (non-hydrogen) atoms. The van der Waals surface area contributed by atoms with Gasteiger partial charge in [-0.3, -0.25) is 4.79 Å². The highest BCUT2D eigenvalue weighted by molar-refractivity contribution is 6.31. The molecule has 7 nitrogen and oxygen atoms in total. The Kier molecular flexibility index (Phi) is 7.33. The number of rotatable bonds is 9. The number of hydrogen-bond donors (Lipinski definition) is 4. The summed E-state index contributed by atoms with van der Waals surface area (Å²) in [6.07, 6.45) is 3.03. The zero-order chi connectivity index (χ0) is 22.4. The Morgan fingerprint density at radius 1 is 1.16 bits per heavy atom. The Bertz CT molecular complexity index is 1070. The monoisotopic (exact) mass is 442 g/mol. The molecule has 0 aliphatic carbocycles. The molecule has 162 valence electrons. The topological polar surface area (TPSA) is 112 Å². The number of aliphatic hydroxyl groups excluding tert-OH is 1. The van der Waals surface area contributed by atoms with Crippen molar-refractivity contribution in [3.8, 4) is 11.1 Å². The summed E-state index contributed by atoms with van der Waals surface area (Å²) in [5.74, 6) is -1.35. The SMILES string of the molecule is Cc1cc(Cl)cc(C(=O)O)c1NC(O)CCCNC(=O)c1cccc(-c2ccoc2)c1. The number of benzene rings is 2. The van der Waals surface area contributed by atoms with E-state index in [0.29, 0.717) is 41.2 Å². The van der Waals surface area contributed by atoms with E-state index in [1.54, 1.807) is 43.7 Å². The molecule has 0 spiro atoms. The Morgan fingerprint density at radius 3 is 2.68 bits per heavy atom. The molecule has 0 saturated heterocycles. The summed E-state index contributed by atoms with van der Waals surface area (Å²) in [6, 6.07) is 12.0. The molecule has 0 saturated carbocycles. The van der Waals surface area contributed by atoms with E-state index in [9.17, 15) is 19.8 Å². The van der Waals surface area contributed by atoms with Crippen LogP contribution in [0.2, 0.25) is 5.02 Å². The van der Waals surface area contributed by atoms with Crippen LogP contribution >= 0.6 is 11.6 Å². The van der Waals surface area contributed by atoms with E-state index in [0.717, 1.165) is 11.1 Å². The van der Waals surface area contributed by atoms with Gasteiger partial charge in [-0.25, -0.2) is 4.79 Å². The van der Waals surface area contributed by atoms with Gasteiger partial charge < -0.3 is 25.3 Å². The molecule has 0 radical (unpaired) electrons. The second kappa shape index (κ2) is 10.1. The van der Waals surface area contributed by atoms with Crippen molar-refractivity contribution in [3.63, 3.8) is 0 Å². The van der Waals surface area contributed by atoms with E-state index in [4.69, 9.17) is 16.0 Å². The molecule has 1 amide bonds. The van der Waals surface area contributed by atoms with E-state index in [1.807, 2.05) is 12.1 Å². The van der Waals surface area contributed by atoms with Gasteiger partial charge in [0.1, 0.15) is 6.23 Å². The molecule has 3 rings (SSSR count). The van der Waals surface area contributed by atoms with Crippen molar-refractivity contribution in [3.05, 3.63) is 76.7 Å². The predicted octanol–water partition coefficient (Wildman–Crippen LogP) is 4.55. The summed E-state index contributed by atoms with van der Waals surface area (Å²) in [5.41, 5.74) is 3.24. The van der Waals surface area contributed by atoms with Crippen LogP contribution < -0.4 is 10.6 Å². The zero-order valence-electron chi connectivity index (χ0n) is 16.9. The molecule has 0 aliphatic rings. The Balaban J connectivity index is 1.51. The highest BCUT2D eigenvalue weighted by Gasteiger charge is 2.16. The summed E-state index contributed by atoms with van der Waals surface area (Å²) < 4.78 is 5.08. The van der Waals surface area contributed by atoms with Crippen molar-refractivity contribution in [1.29, 1.82) is 0 Å². The fraction of sp³-hybridized carbons (Fsp3) is 0.217. The number of hydrogen-bond acceptors (Lipinski definition) is 5. The number of carboxylic acids is 1. The summed E-state index contributed by atoms with van der Waals surface area (Å²) in [7, 11) is 0. The highest BCUT2D eigenvalue weighted by Crippen LogP contribution is 2.26. The number of aryl methyl sites for hydroxylation is 1. The lowest BCUT2D eigenvalue weighted by Crippen LogP contribution is -2.27. The largest absolute Gasteiger partial charge is 0.478 e. The smallest absolute Gasteiger partial charge is 0.337 e. The number of nitrogens with one attached hydrogen (secondary N) is 2. The van der Waals surface area contributed by atoms with Crippen LogP contribution in [-0.2, 0) is 0 Å². The molecule has 1 atom stereocenters. The Hall–Kier alpha value is -3.29. The third kappa shape index (κ3) is 5.87. The van der Waals surface area contributed by atoms with E-state index >= 15 is 0 Å². The summed E-state index contributed by atoms with van der Waals surface area (Å²) in [5, 5.41) is 25.6. The molecule has 1 unspecified atom stereocenters. The van der Waals surface area contributed by atoms with Crippen LogP contribution in [0, 0.1) is 6.92 Å². The Morgan fingerprint density at radius 2 is 1.97 bits per heavy atom. The number of amides is 1. The third-order valence-electron chi connectivity index (χ3n) is 4.76. The van der Waals surface area contributed by atoms with Gasteiger partial charge in [-0.05, 0) is 61.2 Å². The van der Waals surface area contributed by atoms with E-state index in [-0.39, 0.29) is 11.5 Å². The van der Waals surface area contributed by atoms with Gasteiger partial charge >= 0.3 is 5.97 Å². The van der Waals surface area contributed by atoms with Crippen LogP contribution in [0.5, 0.6) is 0 Å². The van der Waals surface area contributed by atoms with E-state index < -0.39 is 12.2 Å². The van der Waals surface area contributed by atoms with E-state index in [2.05, 4.69) is 10.6 Å². The first kappa shape index (κ1) is 22.4. The van der Waals surface area contributed by atoms with Crippen molar-refractivity contribution in [2.45, 2.75) is 26.0 Å². The summed E-state index contributed by atoms with van der Waals surface area (Å²) in [6.45, 7) is 2.07. The number of halogens is 1. The van der Waals surface area contributed by atoms with Gasteiger partial charge in [-0.1, -0.05) is 23.7 Å². The average molecular weight is 443 g/mol. The summed E-state index contributed by atoms with van der Waals surface area (Å²) in [4.78, 5) is 23.9. The lowest BCUT2D eigenvalue weighted by atomic mass is 10.1. The van der Waals surface area contributed by atoms with Crippen LogP contribution in [-0.4, -0.2) is 34.9 Å². The Labute approximate surface area is 184 Å². The number of anilines is 1. The maximum Gasteiger partial charge on any atom is 0.337 e. The van der Waals surface area contributed by atoms with Crippen LogP contribution in [0.15, 0.2) is 59.4 Å². The van der Waals surface area contributed by atoms with Gasteiger partial charge in [0.15, 0.2) is 0 Å². The number of aliphatic hydroxyl groups is 1. The molecular formula is C23H23ClN2O5. The fourth-order valence-corrected chi connectivity index (χ4v) is 3.48. The normalized spacial score (nSPS) is 11.7. The van der Waals surface area contributed by atoms with Gasteiger partial charge in [0.25, 0.3) is 5.91 Å². The van der Waals surface area contributed by atoms with Crippen molar-refractivity contribution >= 4 is 29.2 Å². The molecule has 3 aromatic rings. The fourth-order valence-electron chi connectivity index (χ4n) is 3.21. The quantitative estimate of drug-likeness (QED) is 0.286. The van der Waals surface area contributed by atoms with Crippen molar-refractivity contribution in [2.24, 2.45) is 0 Å². The maximum atomic E-state index is 12.4. The van der Waals surface area contributed by atoms with Crippen molar-refractivity contribution in [2.75, 3.05) is 11.9 Å². The number of carbonyl (C=O) groups excluding carboxylic acids is 1. The van der Waals surface area contributed by atoms with E-state index in [1.165, 1.54) is 6.07 Å². The van der Waals surface area contributed by atoms with Gasteiger partial charge in [-0.15, -0.1) is 0 Å². The van der Waals surface area contributed by atoms with Crippen LogP contribution in [0.3, 0.4) is 0 Å². The predicted molar refractivity (Wildman–Crippen MR) is 118 cm³/mol. The number of aromatic carboxylic acids is 1. The molecule has 1 heterocycles. The summed E-state index contributed by atoms with van der Waals surface area (Å²) >= 11 is 5.93. The average Bonchev–Trinajstić information content (AvgIpc) is 3.27. The minimum atomic E-state index is -1.13. The number of carboxylic acid groups (broad SMARTS) is 1. The minimum Gasteiger partial charge on any atom is -0.478 e. The first-order valence-corrected chi connectivity index (χ1v) is 10.1. The molecule has 4 N–H and O–H groups in total. The minimum absolute atomic E-state index is 0.00476. The van der Waals surface area contributed by atoms with Crippen molar-refractivity contribution in [1.82, 2.24) is 5.32 Å². The number of furan rings is 1. The molecule has 0 fully saturated rings. The molecule has 0 aliphatic heterocycles. The number of carbonyl (C=O) groups is 2. The first-order valence-electron chi connectivity index (χ1n) is 9.74. The van der Waals surface area contributed by atoms with Gasteiger partial charge in [-0.2, -0.15) is 0 Å². The molecule has 8 heteroatoms. The molecular weight excluding hydrogens is 420 g/mol. The molecule has 2 aromatic carbocycles. The van der Waals surface area contributed by atoms with Gasteiger partial charge in [0.2, 0.25) is 0 Å². The second-order valence-corrected chi connectivity index (χ2v) is 7.54. The first-order chi connectivity index (χ1) is 14.8. The van der Waals surface area contributed by atoms with Crippen LogP contribution in [0.1, 0.15) is 39.1 Å². The van der Waals surface area contributed by atoms with Crippen molar-refractivity contribution < 1.29 is 24.2 Å². The van der Waals surface area contributed by atoms with Crippen LogP contribution in [0.25, 0.3) is 11.1 Å². The zero-order valence-corrected chi connectivity index (χ0v) is 17.6. The maximum absolute atomic E-state index is 12.4. The lowest BCUT2D eigenvalue weighted by molar-refractivity contribution is 0.0697. The van der Waals surface area contributed by atoms with Crippen LogP contribution in [0.4, 0.5) is 5.69 Å². The second-order valence-electron chi connectivity index (χ2n) is 7.10. The lowest BCUT2D eigenvalue weighted by Gasteiger charge is -2.18. The highest BCUT2D eigenvalue weighted by atomic mass is 35.5. The molecule has 1 aromatic heterocycles. The van der Waals surface area contributed by atoms with Gasteiger partial charge in [0.05, 0.1) is 23.8 Å². The van der Waals surface area contributed by atoms with Gasteiger partial charge in [0, 0.05) is 22.7 Å². The standard InChI is InChI=1S/C23H23ClN2O5/c1-14-10-18(24)12-19(23(29)30)21(14)26-20(27)6-3-8-25-22(28)16-5-2-4-15(11-16)17-7-9-31-13-17/h2,4-5,7,9-13,20,26-27H,3,6,8H2,1H3,(H,25,28)(H,29,30).